The number of aryl methyl sites for hydroxylation is 2. The van der Waals surface area contributed by atoms with Crippen molar-refractivity contribution < 1.29 is 9.18 Å². The Hall–Kier alpha value is -2.37. The highest BCUT2D eigenvalue weighted by molar-refractivity contribution is 5.89. The molecule has 0 spiro atoms. The van der Waals surface area contributed by atoms with Crippen molar-refractivity contribution in [3.63, 3.8) is 0 Å². The van der Waals surface area contributed by atoms with Gasteiger partial charge >= 0.3 is 6.03 Å². The molecule has 3 N–H and O–H groups in total. The maximum atomic E-state index is 13.4. The van der Waals surface area contributed by atoms with Gasteiger partial charge in [-0.15, -0.1) is 0 Å². The Kier molecular flexibility index (Phi) is 4.57. The van der Waals surface area contributed by atoms with Crippen molar-refractivity contribution in [2.45, 2.75) is 33.2 Å². The zero-order valence-electron chi connectivity index (χ0n) is 12.3. The molecule has 21 heavy (non-hydrogen) atoms. The molecule has 2 amide bonds. The number of rotatable bonds is 4. The smallest absolute Gasteiger partial charge is 0.319 e. The number of nitrogens with zero attached hydrogens (tertiary/aromatic N) is 1. The van der Waals surface area contributed by atoms with E-state index in [4.69, 9.17) is 0 Å². The number of halogens is 1. The maximum absolute atomic E-state index is 13.4. The number of H-pyrrole nitrogens is 1. The predicted octanol–water partition coefficient (Wildman–Crippen LogP) is 2.92. The summed E-state index contributed by atoms with van der Waals surface area (Å²) >= 11 is 0. The Morgan fingerprint density at radius 1 is 1.38 bits per heavy atom. The topological polar surface area (TPSA) is 69.8 Å². The van der Waals surface area contributed by atoms with Gasteiger partial charge in [0.1, 0.15) is 5.82 Å². The Labute approximate surface area is 123 Å². The molecule has 1 atom stereocenters. The van der Waals surface area contributed by atoms with Gasteiger partial charge in [-0.1, -0.05) is 6.07 Å². The fourth-order valence-corrected chi connectivity index (χ4v) is 2.01. The van der Waals surface area contributed by atoms with Crippen LogP contribution in [0.5, 0.6) is 0 Å². The lowest BCUT2D eigenvalue weighted by atomic mass is 10.2. The first-order chi connectivity index (χ1) is 9.94. The van der Waals surface area contributed by atoms with Crippen molar-refractivity contribution in [2.75, 3.05) is 5.32 Å². The monoisotopic (exact) mass is 290 g/mol. The van der Waals surface area contributed by atoms with E-state index in [1.807, 2.05) is 19.9 Å². The van der Waals surface area contributed by atoms with Crippen LogP contribution in [0.3, 0.4) is 0 Å². The summed E-state index contributed by atoms with van der Waals surface area (Å²) in [7, 11) is 0. The average molecular weight is 290 g/mol. The van der Waals surface area contributed by atoms with Gasteiger partial charge in [-0.25, -0.2) is 9.18 Å². The molecular formula is C15H19FN4O. The zero-order chi connectivity index (χ0) is 15.4. The van der Waals surface area contributed by atoms with Gasteiger partial charge in [0.2, 0.25) is 0 Å². The molecule has 1 heterocycles. The molecule has 0 fully saturated rings. The summed E-state index contributed by atoms with van der Waals surface area (Å²) in [5.74, 6) is -0.340. The normalized spacial score (nSPS) is 12.0. The minimum absolute atomic E-state index is 0.0806. The van der Waals surface area contributed by atoms with Crippen molar-refractivity contribution in [3.05, 3.63) is 47.0 Å². The summed E-state index contributed by atoms with van der Waals surface area (Å²) in [5.41, 5.74) is 2.85. The quantitative estimate of drug-likeness (QED) is 0.810. The third kappa shape index (κ3) is 4.30. The molecule has 0 saturated heterocycles. The molecule has 0 bridgehead atoms. The van der Waals surface area contributed by atoms with E-state index < -0.39 is 0 Å². The van der Waals surface area contributed by atoms with E-state index in [9.17, 15) is 9.18 Å². The maximum Gasteiger partial charge on any atom is 0.319 e. The van der Waals surface area contributed by atoms with Crippen molar-refractivity contribution in [3.8, 4) is 0 Å². The molecule has 112 valence electrons. The summed E-state index contributed by atoms with van der Waals surface area (Å²) in [6.07, 6.45) is 0.625. The minimum Gasteiger partial charge on any atom is -0.335 e. The molecule has 1 aromatic carbocycles. The lowest BCUT2D eigenvalue weighted by Gasteiger charge is -2.13. The summed E-state index contributed by atoms with van der Waals surface area (Å²) in [6.45, 7) is 5.49. The number of amides is 2. The van der Waals surface area contributed by atoms with Crippen molar-refractivity contribution >= 4 is 11.7 Å². The van der Waals surface area contributed by atoms with Crippen LogP contribution in [-0.2, 0) is 6.42 Å². The molecule has 0 radical (unpaired) electrons. The second-order valence-electron chi connectivity index (χ2n) is 5.21. The lowest BCUT2D eigenvalue weighted by Crippen LogP contribution is -2.37. The molecule has 6 heteroatoms. The summed E-state index contributed by atoms with van der Waals surface area (Å²) in [5, 5.41) is 12.4. The van der Waals surface area contributed by atoms with Crippen LogP contribution in [0.25, 0.3) is 0 Å². The van der Waals surface area contributed by atoms with Crippen LogP contribution in [0.2, 0.25) is 0 Å². The van der Waals surface area contributed by atoms with E-state index in [0.29, 0.717) is 17.7 Å². The highest BCUT2D eigenvalue weighted by atomic mass is 19.1. The van der Waals surface area contributed by atoms with Gasteiger partial charge in [-0.2, -0.15) is 5.10 Å². The number of anilines is 1. The number of aromatic amines is 1. The Morgan fingerprint density at radius 2 is 2.14 bits per heavy atom. The van der Waals surface area contributed by atoms with Gasteiger partial charge in [0.05, 0.1) is 5.69 Å². The van der Waals surface area contributed by atoms with Crippen LogP contribution in [0.1, 0.15) is 23.9 Å². The van der Waals surface area contributed by atoms with Crippen LogP contribution in [-0.4, -0.2) is 22.3 Å². The third-order valence-electron chi connectivity index (χ3n) is 3.08. The molecule has 2 aromatic rings. The molecule has 0 unspecified atom stereocenters. The van der Waals surface area contributed by atoms with Crippen LogP contribution in [0.15, 0.2) is 24.3 Å². The predicted molar refractivity (Wildman–Crippen MR) is 79.8 cm³/mol. The summed E-state index contributed by atoms with van der Waals surface area (Å²) < 4.78 is 13.4. The van der Waals surface area contributed by atoms with Crippen molar-refractivity contribution in [1.82, 2.24) is 15.5 Å². The largest absolute Gasteiger partial charge is 0.335 e. The first kappa shape index (κ1) is 15.0. The van der Waals surface area contributed by atoms with Crippen molar-refractivity contribution in [2.24, 2.45) is 0 Å². The molecular weight excluding hydrogens is 271 g/mol. The molecule has 0 saturated carbocycles. The second-order valence-corrected chi connectivity index (χ2v) is 5.21. The number of carbonyl (C=O) groups is 1. The SMILES string of the molecule is Cc1cc(C[C@H](C)NC(=O)Nc2ccc(C)c(F)c2)n[nH]1. The van der Waals surface area contributed by atoms with E-state index in [1.54, 1.807) is 19.1 Å². The van der Waals surface area contributed by atoms with E-state index in [2.05, 4.69) is 20.8 Å². The number of carbonyl (C=O) groups excluding carboxylic acids is 1. The fraction of sp³-hybridized carbons (Fsp3) is 0.333. The standard InChI is InChI=1S/C15H19FN4O/c1-9-4-5-12(8-14(9)16)18-15(21)17-10(2)6-13-7-11(3)19-20-13/h4-5,7-8,10H,6H2,1-3H3,(H,19,20)(H2,17,18,21)/t10-/m0/s1. The second kappa shape index (κ2) is 6.39. The minimum atomic E-state index is -0.363. The number of benzene rings is 1. The van der Waals surface area contributed by atoms with E-state index in [-0.39, 0.29) is 17.9 Å². The van der Waals surface area contributed by atoms with Crippen LogP contribution < -0.4 is 10.6 Å². The highest BCUT2D eigenvalue weighted by Crippen LogP contribution is 2.13. The fourth-order valence-electron chi connectivity index (χ4n) is 2.01. The van der Waals surface area contributed by atoms with E-state index in [0.717, 1.165) is 11.4 Å². The Bertz CT molecular complexity index is 638. The number of hydrogen-bond acceptors (Lipinski definition) is 2. The average Bonchev–Trinajstić information content (AvgIpc) is 2.79. The Morgan fingerprint density at radius 3 is 2.76 bits per heavy atom. The van der Waals surface area contributed by atoms with Gasteiger partial charge in [0.15, 0.2) is 0 Å². The van der Waals surface area contributed by atoms with E-state index >= 15 is 0 Å². The number of aromatic nitrogens is 2. The number of urea groups is 1. The molecule has 0 aliphatic rings. The highest BCUT2D eigenvalue weighted by Gasteiger charge is 2.10. The molecule has 2 rings (SSSR count). The lowest BCUT2D eigenvalue weighted by molar-refractivity contribution is 0.249. The van der Waals surface area contributed by atoms with Crippen LogP contribution >= 0.6 is 0 Å². The van der Waals surface area contributed by atoms with Gasteiger partial charge < -0.3 is 10.6 Å². The first-order valence-electron chi connectivity index (χ1n) is 6.78. The Balaban J connectivity index is 1.87. The van der Waals surface area contributed by atoms with Gasteiger partial charge in [-0.05, 0) is 44.5 Å². The van der Waals surface area contributed by atoms with Crippen LogP contribution in [0, 0.1) is 19.7 Å². The zero-order valence-corrected chi connectivity index (χ0v) is 12.3. The van der Waals surface area contributed by atoms with E-state index in [1.165, 1.54) is 6.07 Å². The molecule has 0 aliphatic carbocycles. The van der Waals surface area contributed by atoms with Gasteiger partial charge in [0, 0.05) is 23.8 Å². The van der Waals surface area contributed by atoms with Gasteiger partial charge in [0.25, 0.3) is 0 Å². The summed E-state index contributed by atoms with van der Waals surface area (Å²) in [4.78, 5) is 11.8. The van der Waals surface area contributed by atoms with Crippen LogP contribution in [0.4, 0.5) is 14.9 Å². The number of nitrogens with one attached hydrogen (secondary N) is 3. The van der Waals surface area contributed by atoms with Crippen molar-refractivity contribution in [1.29, 1.82) is 0 Å². The van der Waals surface area contributed by atoms with Gasteiger partial charge in [-0.3, -0.25) is 5.10 Å². The number of hydrogen-bond donors (Lipinski definition) is 3. The molecule has 1 aromatic heterocycles. The molecule has 5 nitrogen and oxygen atoms in total. The molecule has 0 aliphatic heterocycles. The summed E-state index contributed by atoms with van der Waals surface area (Å²) in [6, 6.07) is 6.09. The first-order valence-corrected chi connectivity index (χ1v) is 6.78. The third-order valence-corrected chi connectivity index (χ3v) is 3.08.